The standard InChI is InChI=1S/C18H31NO/c1-4-7-10-16-11-9-12-17(14-16)19(13-8-5-2)15-18(20)6-3/h9,11-12,14,18,20H,4-8,10,13,15H2,1-3H3. The predicted octanol–water partition coefficient (Wildman–Crippen LogP) is 4.41. The topological polar surface area (TPSA) is 23.5 Å². The van der Waals surface area contributed by atoms with Gasteiger partial charge < -0.3 is 10.0 Å². The van der Waals surface area contributed by atoms with E-state index in [1.165, 1.54) is 36.9 Å². The molecular weight excluding hydrogens is 246 g/mol. The summed E-state index contributed by atoms with van der Waals surface area (Å²) in [6.07, 6.45) is 6.59. The normalized spacial score (nSPS) is 12.4. The van der Waals surface area contributed by atoms with E-state index in [2.05, 4.69) is 43.0 Å². The van der Waals surface area contributed by atoms with Gasteiger partial charge in [0, 0.05) is 18.8 Å². The number of anilines is 1. The highest BCUT2D eigenvalue weighted by molar-refractivity contribution is 5.48. The number of nitrogens with zero attached hydrogens (tertiary/aromatic N) is 1. The van der Waals surface area contributed by atoms with Crippen molar-refractivity contribution in [1.82, 2.24) is 0 Å². The molecule has 0 aliphatic rings. The van der Waals surface area contributed by atoms with E-state index in [0.29, 0.717) is 0 Å². The zero-order chi connectivity index (χ0) is 14.8. The lowest BCUT2D eigenvalue weighted by Gasteiger charge is -2.27. The average molecular weight is 277 g/mol. The van der Waals surface area contributed by atoms with Crippen LogP contribution in [0.3, 0.4) is 0 Å². The molecule has 0 heterocycles. The summed E-state index contributed by atoms with van der Waals surface area (Å²) >= 11 is 0. The number of rotatable bonds is 10. The quantitative estimate of drug-likeness (QED) is 0.685. The second-order valence-electron chi connectivity index (χ2n) is 5.64. The van der Waals surface area contributed by atoms with Gasteiger partial charge in [-0.2, -0.15) is 0 Å². The van der Waals surface area contributed by atoms with Crippen LogP contribution in [0, 0.1) is 0 Å². The van der Waals surface area contributed by atoms with E-state index in [1.54, 1.807) is 0 Å². The van der Waals surface area contributed by atoms with E-state index < -0.39 is 0 Å². The van der Waals surface area contributed by atoms with Gasteiger partial charge in [-0.3, -0.25) is 0 Å². The van der Waals surface area contributed by atoms with Crippen LogP contribution in [0.2, 0.25) is 0 Å². The number of aliphatic hydroxyl groups is 1. The van der Waals surface area contributed by atoms with Crippen molar-refractivity contribution in [2.75, 3.05) is 18.0 Å². The molecule has 2 heteroatoms. The van der Waals surface area contributed by atoms with Crippen LogP contribution in [0.4, 0.5) is 5.69 Å². The van der Waals surface area contributed by atoms with Crippen LogP contribution in [-0.2, 0) is 6.42 Å². The SMILES string of the molecule is CCCCc1cccc(N(CCCC)CC(O)CC)c1. The molecule has 0 aromatic heterocycles. The lowest BCUT2D eigenvalue weighted by molar-refractivity contribution is 0.175. The third-order valence-corrected chi connectivity index (χ3v) is 3.78. The maximum absolute atomic E-state index is 9.96. The summed E-state index contributed by atoms with van der Waals surface area (Å²) in [5, 5.41) is 9.96. The van der Waals surface area contributed by atoms with Crippen molar-refractivity contribution in [3.05, 3.63) is 29.8 Å². The maximum atomic E-state index is 9.96. The monoisotopic (exact) mass is 277 g/mol. The van der Waals surface area contributed by atoms with E-state index in [-0.39, 0.29) is 6.10 Å². The van der Waals surface area contributed by atoms with Gasteiger partial charge in [-0.25, -0.2) is 0 Å². The first-order chi connectivity index (χ1) is 9.71. The van der Waals surface area contributed by atoms with Gasteiger partial charge in [0.1, 0.15) is 0 Å². The molecule has 1 atom stereocenters. The Balaban J connectivity index is 2.77. The van der Waals surface area contributed by atoms with Crippen molar-refractivity contribution in [3.8, 4) is 0 Å². The summed E-state index contributed by atoms with van der Waals surface area (Å²) < 4.78 is 0. The van der Waals surface area contributed by atoms with Gasteiger partial charge in [0.2, 0.25) is 0 Å². The van der Waals surface area contributed by atoms with Crippen molar-refractivity contribution in [1.29, 1.82) is 0 Å². The molecule has 20 heavy (non-hydrogen) atoms. The van der Waals surface area contributed by atoms with Gasteiger partial charge in [-0.1, -0.05) is 45.7 Å². The lowest BCUT2D eigenvalue weighted by Crippen LogP contribution is -2.33. The van der Waals surface area contributed by atoms with Crippen LogP contribution < -0.4 is 4.90 Å². The molecule has 1 unspecified atom stereocenters. The average Bonchev–Trinajstić information content (AvgIpc) is 2.49. The molecule has 2 nitrogen and oxygen atoms in total. The van der Waals surface area contributed by atoms with Crippen LogP contribution >= 0.6 is 0 Å². The Bertz CT molecular complexity index is 364. The van der Waals surface area contributed by atoms with Crippen molar-refractivity contribution in [2.45, 2.75) is 65.4 Å². The van der Waals surface area contributed by atoms with E-state index in [9.17, 15) is 5.11 Å². The van der Waals surface area contributed by atoms with Crippen LogP contribution in [0.1, 0.15) is 58.4 Å². The minimum atomic E-state index is -0.230. The smallest absolute Gasteiger partial charge is 0.0712 e. The fourth-order valence-corrected chi connectivity index (χ4v) is 2.35. The lowest BCUT2D eigenvalue weighted by atomic mass is 10.1. The molecule has 114 valence electrons. The zero-order valence-corrected chi connectivity index (χ0v) is 13.4. The Labute approximate surface area is 124 Å². The third-order valence-electron chi connectivity index (χ3n) is 3.78. The van der Waals surface area contributed by atoms with E-state index in [4.69, 9.17) is 0 Å². The van der Waals surface area contributed by atoms with Crippen molar-refractivity contribution < 1.29 is 5.11 Å². The summed E-state index contributed by atoms with van der Waals surface area (Å²) in [5.41, 5.74) is 2.68. The second-order valence-corrected chi connectivity index (χ2v) is 5.64. The van der Waals surface area contributed by atoms with Gasteiger partial charge in [0.25, 0.3) is 0 Å². The molecule has 0 aliphatic carbocycles. The van der Waals surface area contributed by atoms with Gasteiger partial charge in [-0.05, 0) is 43.4 Å². The summed E-state index contributed by atoms with van der Waals surface area (Å²) in [6.45, 7) is 8.26. The van der Waals surface area contributed by atoms with Crippen LogP contribution in [0.15, 0.2) is 24.3 Å². The van der Waals surface area contributed by atoms with Crippen molar-refractivity contribution >= 4 is 5.69 Å². The Morgan fingerprint density at radius 1 is 1.10 bits per heavy atom. The minimum absolute atomic E-state index is 0.230. The molecule has 1 N–H and O–H groups in total. The minimum Gasteiger partial charge on any atom is -0.391 e. The number of aryl methyl sites for hydroxylation is 1. The van der Waals surface area contributed by atoms with Gasteiger partial charge in [-0.15, -0.1) is 0 Å². The molecule has 0 spiro atoms. The molecule has 0 aliphatic heterocycles. The number of aliphatic hydroxyl groups excluding tert-OH is 1. The van der Waals surface area contributed by atoms with E-state index in [0.717, 1.165) is 25.9 Å². The van der Waals surface area contributed by atoms with E-state index >= 15 is 0 Å². The Kier molecular flexibility index (Phi) is 8.36. The Morgan fingerprint density at radius 3 is 2.50 bits per heavy atom. The number of benzene rings is 1. The van der Waals surface area contributed by atoms with Crippen molar-refractivity contribution in [2.24, 2.45) is 0 Å². The number of unbranched alkanes of at least 4 members (excludes halogenated alkanes) is 2. The largest absolute Gasteiger partial charge is 0.391 e. The first-order valence-electron chi connectivity index (χ1n) is 8.23. The molecule has 0 saturated carbocycles. The zero-order valence-electron chi connectivity index (χ0n) is 13.4. The fourth-order valence-electron chi connectivity index (χ4n) is 2.35. The molecule has 0 bridgehead atoms. The Hall–Kier alpha value is -1.02. The van der Waals surface area contributed by atoms with Crippen LogP contribution in [0.5, 0.6) is 0 Å². The highest BCUT2D eigenvalue weighted by Crippen LogP contribution is 2.19. The maximum Gasteiger partial charge on any atom is 0.0712 e. The molecule has 0 saturated heterocycles. The third kappa shape index (κ3) is 5.96. The molecule has 1 aromatic carbocycles. The van der Waals surface area contributed by atoms with Crippen molar-refractivity contribution in [3.63, 3.8) is 0 Å². The summed E-state index contributed by atoms with van der Waals surface area (Å²) in [6, 6.07) is 8.84. The molecular formula is C18H31NO. The first-order valence-corrected chi connectivity index (χ1v) is 8.23. The second kappa shape index (κ2) is 9.82. The summed E-state index contributed by atoms with van der Waals surface area (Å²) in [7, 11) is 0. The van der Waals surface area contributed by atoms with Gasteiger partial charge in [0.05, 0.1) is 6.10 Å². The summed E-state index contributed by atoms with van der Waals surface area (Å²) in [5.74, 6) is 0. The fraction of sp³-hybridized carbons (Fsp3) is 0.667. The highest BCUT2D eigenvalue weighted by Gasteiger charge is 2.11. The number of hydrogen-bond acceptors (Lipinski definition) is 2. The molecule has 0 fully saturated rings. The highest BCUT2D eigenvalue weighted by atomic mass is 16.3. The van der Waals surface area contributed by atoms with Gasteiger partial charge >= 0.3 is 0 Å². The van der Waals surface area contributed by atoms with E-state index in [1.807, 2.05) is 6.92 Å². The molecule has 1 rings (SSSR count). The Morgan fingerprint density at radius 2 is 1.85 bits per heavy atom. The predicted molar refractivity (Wildman–Crippen MR) is 88.5 cm³/mol. The first kappa shape index (κ1) is 17.0. The molecule has 1 aromatic rings. The number of hydrogen-bond donors (Lipinski definition) is 1. The van der Waals surface area contributed by atoms with Crippen LogP contribution in [0.25, 0.3) is 0 Å². The summed E-state index contributed by atoms with van der Waals surface area (Å²) in [4.78, 5) is 2.34. The van der Waals surface area contributed by atoms with Gasteiger partial charge in [0.15, 0.2) is 0 Å². The molecule has 0 amide bonds. The molecule has 0 radical (unpaired) electrons. The van der Waals surface area contributed by atoms with Crippen LogP contribution in [-0.4, -0.2) is 24.3 Å².